The Kier molecular flexibility index (Phi) is 5.15. The molecule has 1 aromatic heterocycles. The van der Waals surface area contributed by atoms with Gasteiger partial charge in [0.25, 0.3) is 0 Å². The molecule has 1 heterocycles. The lowest BCUT2D eigenvalue weighted by Gasteiger charge is -2.07. The van der Waals surface area contributed by atoms with Gasteiger partial charge in [0.1, 0.15) is 5.75 Å². The molecule has 1 aromatic carbocycles. The molecule has 0 spiro atoms. The van der Waals surface area contributed by atoms with Crippen molar-refractivity contribution in [3.05, 3.63) is 29.8 Å². The van der Waals surface area contributed by atoms with Crippen LogP contribution in [0.3, 0.4) is 0 Å². The lowest BCUT2D eigenvalue weighted by Crippen LogP contribution is -2.13. The highest BCUT2D eigenvalue weighted by Gasteiger charge is 1.94. The lowest BCUT2D eigenvalue weighted by molar-refractivity contribution is 0.414. The van der Waals surface area contributed by atoms with E-state index in [0.717, 1.165) is 27.2 Å². The Morgan fingerprint density at radius 1 is 1.47 bits per heavy atom. The lowest BCUT2D eigenvalue weighted by atomic mass is 10.1. The zero-order chi connectivity index (χ0) is 11.9. The highest BCUT2D eigenvalue weighted by Crippen LogP contribution is 2.12. The number of H-pyrrole nitrogens is 1. The van der Waals surface area contributed by atoms with Crippen LogP contribution >= 0.6 is 25.5 Å². The van der Waals surface area contributed by atoms with Crippen LogP contribution in [0.5, 0.6) is 5.75 Å². The summed E-state index contributed by atoms with van der Waals surface area (Å²) in [5.41, 5.74) is 4.66. The summed E-state index contributed by atoms with van der Waals surface area (Å²) in [6.45, 7) is 0.923. The molecule has 2 atom stereocenters. The van der Waals surface area contributed by atoms with Crippen molar-refractivity contribution in [1.29, 1.82) is 0 Å². The van der Waals surface area contributed by atoms with Gasteiger partial charge in [-0.05, 0) is 24.1 Å². The van der Waals surface area contributed by atoms with E-state index in [1.807, 2.05) is 12.1 Å². The van der Waals surface area contributed by atoms with Gasteiger partial charge in [0.15, 0.2) is 8.51 Å². The smallest absolute Gasteiger partial charge is 0.157 e. The van der Waals surface area contributed by atoms with Crippen LogP contribution in [-0.2, 0) is 6.42 Å². The minimum absolute atomic E-state index is 0.543. The Balaban J connectivity index is 1.82. The van der Waals surface area contributed by atoms with Gasteiger partial charge in [-0.3, -0.25) is 0 Å². The maximum absolute atomic E-state index is 5.13. The summed E-state index contributed by atoms with van der Waals surface area (Å²) in [5, 5.41) is 0. The van der Waals surface area contributed by atoms with Crippen molar-refractivity contribution >= 4 is 25.5 Å². The molecule has 0 aliphatic rings. The fourth-order valence-corrected chi connectivity index (χ4v) is 4.56. The number of benzene rings is 1. The average Bonchev–Trinajstić information content (AvgIpc) is 2.41. The third kappa shape index (κ3) is 4.22. The van der Waals surface area contributed by atoms with Crippen molar-refractivity contribution < 1.29 is 4.74 Å². The van der Waals surface area contributed by atoms with E-state index in [0.29, 0.717) is 17.0 Å². The van der Waals surface area contributed by atoms with Gasteiger partial charge < -0.3 is 9.25 Å². The van der Waals surface area contributed by atoms with E-state index >= 15 is 0 Å². The molecule has 0 radical (unpaired) electrons. The zero-order valence-corrected chi connectivity index (χ0v) is 12.4. The number of nitrogens with one attached hydrogen (secondary N) is 2. The second-order valence-electron chi connectivity index (χ2n) is 3.36. The van der Waals surface area contributed by atoms with Gasteiger partial charge in [-0.25, -0.2) is 9.63 Å². The van der Waals surface area contributed by atoms with E-state index in [1.165, 1.54) is 5.56 Å². The SMILES string of the molecule is COc1ccc(CCNn2pn[pH][nH][pH]2)cc1. The van der Waals surface area contributed by atoms with Crippen LogP contribution in [0.25, 0.3) is 0 Å². The van der Waals surface area contributed by atoms with Crippen LogP contribution < -0.4 is 10.2 Å². The summed E-state index contributed by atoms with van der Waals surface area (Å²) in [7, 11) is 3.87. The molecule has 92 valence electrons. The van der Waals surface area contributed by atoms with Crippen LogP contribution in [0.15, 0.2) is 24.3 Å². The molecule has 0 saturated heterocycles. The van der Waals surface area contributed by atoms with E-state index in [2.05, 4.69) is 30.8 Å². The molecule has 0 aliphatic heterocycles. The minimum atomic E-state index is 0.543. The highest BCUT2D eigenvalue weighted by molar-refractivity contribution is 7.44. The molecule has 0 amide bonds. The van der Waals surface area contributed by atoms with Gasteiger partial charge >= 0.3 is 0 Å². The molecule has 0 bridgehead atoms. The molecular weight excluding hydrogens is 273 g/mol. The molecule has 17 heavy (non-hydrogen) atoms. The maximum Gasteiger partial charge on any atom is 0.157 e. The van der Waals surface area contributed by atoms with E-state index in [4.69, 9.17) is 4.74 Å². The molecule has 0 aliphatic carbocycles. The number of hydrogen-bond donors (Lipinski definition) is 2. The van der Waals surface area contributed by atoms with Crippen LogP contribution in [0, 0.1) is 0 Å². The van der Waals surface area contributed by atoms with Crippen molar-refractivity contribution in [2.45, 2.75) is 6.42 Å². The predicted octanol–water partition coefficient (Wildman–Crippen LogP) is 2.77. The van der Waals surface area contributed by atoms with Crippen LogP contribution in [0.2, 0.25) is 0 Å². The Morgan fingerprint density at radius 3 is 2.94 bits per heavy atom. The van der Waals surface area contributed by atoms with Gasteiger partial charge in [0, 0.05) is 23.6 Å². The Labute approximate surface area is 105 Å². The number of nitrogens with zero attached hydrogens (tertiary/aromatic N) is 2. The number of ether oxygens (including phenoxy) is 1. The molecule has 5 nitrogen and oxygen atoms in total. The molecule has 2 N–H and O–H groups in total. The van der Waals surface area contributed by atoms with Gasteiger partial charge in [0.05, 0.1) is 7.11 Å². The molecule has 0 fully saturated rings. The third-order valence-electron chi connectivity index (χ3n) is 2.24. The van der Waals surface area contributed by atoms with Crippen molar-refractivity contribution in [1.82, 2.24) is 13.2 Å². The zero-order valence-electron chi connectivity index (χ0n) is 9.47. The van der Waals surface area contributed by atoms with Crippen LogP contribution in [0.1, 0.15) is 5.56 Å². The van der Waals surface area contributed by atoms with Crippen molar-refractivity contribution in [3.8, 4) is 5.75 Å². The van der Waals surface area contributed by atoms with Crippen molar-refractivity contribution in [3.63, 3.8) is 0 Å². The minimum Gasteiger partial charge on any atom is -0.497 e. The van der Waals surface area contributed by atoms with E-state index in [1.54, 1.807) is 7.11 Å². The quantitative estimate of drug-likeness (QED) is 0.889. The number of hydrogen-bond acceptors (Lipinski definition) is 3. The summed E-state index contributed by atoms with van der Waals surface area (Å²) in [6, 6.07) is 8.18. The van der Waals surface area contributed by atoms with E-state index in [9.17, 15) is 0 Å². The summed E-state index contributed by atoms with van der Waals surface area (Å²) in [4.78, 5) is 0. The molecule has 8 heteroatoms. The largest absolute Gasteiger partial charge is 0.497 e. The average molecular weight is 288 g/mol. The van der Waals surface area contributed by atoms with E-state index in [-0.39, 0.29) is 0 Å². The monoisotopic (exact) mass is 288 g/mol. The molecule has 2 rings (SSSR count). The third-order valence-corrected chi connectivity index (χ3v) is 5.15. The Hall–Kier alpha value is -0.720. The first-order valence-corrected chi connectivity index (χ1v) is 7.91. The molecule has 2 unspecified atom stereocenters. The second-order valence-corrected chi connectivity index (χ2v) is 7.01. The summed E-state index contributed by atoms with van der Waals surface area (Å²) >= 11 is 0. The summed E-state index contributed by atoms with van der Waals surface area (Å²) in [5.74, 6) is 0.904. The Morgan fingerprint density at radius 2 is 2.29 bits per heavy atom. The van der Waals surface area contributed by atoms with Gasteiger partial charge in [-0.2, -0.15) is 4.51 Å². The van der Waals surface area contributed by atoms with Gasteiger partial charge in [-0.15, -0.1) is 0 Å². The highest BCUT2D eigenvalue weighted by atomic mass is 31.1. The Bertz CT molecular complexity index is 454. The van der Waals surface area contributed by atoms with Crippen molar-refractivity contribution in [2.75, 3.05) is 19.1 Å². The summed E-state index contributed by atoms with van der Waals surface area (Å²) < 4.78 is 14.7. The van der Waals surface area contributed by atoms with Crippen LogP contribution in [-0.4, -0.2) is 26.9 Å². The number of methoxy groups -OCH3 is 1. The van der Waals surface area contributed by atoms with E-state index < -0.39 is 0 Å². The van der Waals surface area contributed by atoms with Gasteiger partial charge in [-0.1, -0.05) is 12.1 Å². The second kappa shape index (κ2) is 6.88. The van der Waals surface area contributed by atoms with Gasteiger partial charge in [0.2, 0.25) is 0 Å². The molecular formula is C9H15N4OP3. The molecule has 0 saturated carbocycles. The topological polar surface area (TPSA) is 54.9 Å². The molecule has 2 aromatic rings. The first-order chi connectivity index (χ1) is 8.38. The first-order valence-electron chi connectivity index (χ1n) is 5.21. The number of aromatic nitrogens is 3. The van der Waals surface area contributed by atoms with Crippen LogP contribution in [0.4, 0.5) is 0 Å². The fourth-order valence-electron chi connectivity index (χ4n) is 1.36. The number of aromatic amines is 1. The fraction of sp³-hybridized carbons (Fsp3) is 0.333. The summed E-state index contributed by atoms with van der Waals surface area (Å²) in [6.07, 6.45) is 1.00. The normalized spacial score (nSPS) is 11.6. The standard InChI is InChI=1S/C9H15N4OP3/c1-14-9-4-2-8(3-5-9)6-7-10-13-16-11-15-12-17-13/h2-5,10-11,15-16H,6-7H2,1H3. The van der Waals surface area contributed by atoms with Crippen molar-refractivity contribution in [2.24, 2.45) is 0 Å². The maximum atomic E-state index is 5.13. The first kappa shape index (κ1) is 12.7. The predicted molar refractivity (Wildman–Crippen MR) is 76.6 cm³/mol. The number of rotatable bonds is 5.